The minimum absolute atomic E-state index is 0.0800. The molecule has 0 radical (unpaired) electrons. The summed E-state index contributed by atoms with van der Waals surface area (Å²) in [6.07, 6.45) is 7.16. The summed E-state index contributed by atoms with van der Waals surface area (Å²) in [5, 5.41) is 11.8. The highest BCUT2D eigenvalue weighted by Gasteiger charge is 2.54. The van der Waals surface area contributed by atoms with Gasteiger partial charge in [-0.25, -0.2) is 9.18 Å². The van der Waals surface area contributed by atoms with Crippen molar-refractivity contribution < 1.29 is 19.1 Å². The second-order valence-electron chi connectivity index (χ2n) is 11.0. The highest BCUT2D eigenvalue weighted by molar-refractivity contribution is 5.94. The molecule has 3 unspecified atom stereocenters. The van der Waals surface area contributed by atoms with Crippen molar-refractivity contribution in [1.29, 1.82) is 0 Å². The van der Waals surface area contributed by atoms with Gasteiger partial charge in [-0.2, -0.15) is 0 Å². The number of carbonyl (C=O) groups is 2. The molecule has 196 valence electrons. The van der Waals surface area contributed by atoms with E-state index in [0.717, 1.165) is 43.9 Å². The Labute approximate surface area is 223 Å². The van der Waals surface area contributed by atoms with Crippen LogP contribution in [0.3, 0.4) is 0 Å². The fourth-order valence-electron chi connectivity index (χ4n) is 6.39. The van der Waals surface area contributed by atoms with Crippen LogP contribution in [0, 0.1) is 23.1 Å². The second-order valence-corrected chi connectivity index (χ2v) is 11.0. The SMILES string of the molecule is CN(C)c1ccc(-c2ccc(CC34CCC(CC3C(=O)Nc3cc(F)cc(/C=C/C(=O)O)c3)C4)cc2)cc1. The predicted molar refractivity (Wildman–Crippen MR) is 149 cm³/mol. The molecule has 0 aromatic heterocycles. The molecule has 0 heterocycles. The molecule has 5 rings (SSSR count). The molecule has 0 aliphatic heterocycles. The van der Waals surface area contributed by atoms with Gasteiger partial charge in [0, 0.05) is 37.5 Å². The minimum atomic E-state index is -1.11. The number of benzene rings is 3. The van der Waals surface area contributed by atoms with Gasteiger partial charge in [0.1, 0.15) is 5.82 Å². The summed E-state index contributed by atoms with van der Waals surface area (Å²) in [6.45, 7) is 0. The van der Waals surface area contributed by atoms with Gasteiger partial charge in [-0.05, 0) is 102 Å². The third-order valence-electron chi connectivity index (χ3n) is 8.20. The van der Waals surface area contributed by atoms with Gasteiger partial charge in [0.05, 0.1) is 0 Å². The predicted octanol–water partition coefficient (Wildman–Crippen LogP) is 6.64. The van der Waals surface area contributed by atoms with Gasteiger partial charge in [-0.15, -0.1) is 0 Å². The molecule has 3 aromatic rings. The maximum absolute atomic E-state index is 14.2. The first-order valence-corrected chi connectivity index (χ1v) is 13.1. The number of nitrogens with zero attached hydrogens (tertiary/aromatic N) is 1. The first-order valence-electron chi connectivity index (χ1n) is 13.1. The van der Waals surface area contributed by atoms with Crippen molar-refractivity contribution in [2.45, 2.75) is 32.1 Å². The normalized spacial score (nSPS) is 22.1. The highest BCUT2D eigenvalue weighted by atomic mass is 19.1. The number of carboxylic acid groups (broad SMARTS) is 1. The molecular formula is C32H33FN2O3. The van der Waals surface area contributed by atoms with Gasteiger partial charge in [-0.3, -0.25) is 4.79 Å². The van der Waals surface area contributed by atoms with Crippen molar-refractivity contribution in [2.75, 3.05) is 24.3 Å². The Morgan fingerprint density at radius 1 is 1.05 bits per heavy atom. The monoisotopic (exact) mass is 512 g/mol. The molecule has 6 heteroatoms. The molecule has 3 atom stereocenters. The van der Waals surface area contributed by atoms with Crippen molar-refractivity contribution in [3.05, 3.63) is 89.8 Å². The lowest BCUT2D eigenvalue weighted by atomic mass is 9.70. The van der Waals surface area contributed by atoms with Gasteiger partial charge in [0.15, 0.2) is 0 Å². The second kappa shape index (κ2) is 10.4. The molecule has 5 nitrogen and oxygen atoms in total. The standard InChI is InChI=1S/C32H33FN2O3/c1-35(2)28-10-8-25(9-11-28)24-6-3-21(4-7-24)19-32-14-13-23(20-32)17-29(32)31(38)34-27-16-22(5-12-30(36)37)15-26(33)18-27/h3-12,15-16,18,23,29H,13-14,17,19-20H2,1-2H3,(H,34,38)(H,36,37)/b12-5+. The number of carbonyl (C=O) groups excluding carboxylic acids is 1. The van der Waals surface area contributed by atoms with E-state index >= 15 is 0 Å². The maximum atomic E-state index is 14.2. The summed E-state index contributed by atoms with van der Waals surface area (Å²) in [6, 6.07) is 21.3. The Balaban J connectivity index is 1.30. The van der Waals surface area contributed by atoms with Gasteiger partial charge < -0.3 is 15.3 Å². The Morgan fingerprint density at radius 3 is 2.37 bits per heavy atom. The van der Waals surface area contributed by atoms with E-state index in [1.807, 2.05) is 14.1 Å². The van der Waals surface area contributed by atoms with Gasteiger partial charge in [0.25, 0.3) is 0 Å². The Hall–Kier alpha value is -3.93. The van der Waals surface area contributed by atoms with Crippen LogP contribution in [0.4, 0.5) is 15.8 Å². The van der Waals surface area contributed by atoms with Crippen LogP contribution in [-0.4, -0.2) is 31.1 Å². The van der Waals surface area contributed by atoms with E-state index < -0.39 is 11.8 Å². The van der Waals surface area contributed by atoms with Crippen LogP contribution in [0.15, 0.2) is 72.8 Å². The molecule has 2 aliphatic rings. The average Bonchev–Trinajstić information content (AvgIpc) is 3.46. The van der Waals surface area contributed by atoms with Crippen LogP contribution in [0.2, 0.25) is 0 Å². The fraction of sp³-hybridized carbons (Fsp3) is 0.312. The summed E-state index contributed by atoms with van der Waals surface area (Å²) >= 11 is 0. The molecule has 3 aromatic carbocycles. The summed E-state index contributed by atoms with van der Waals surface area (Å²) < 4.78 is 14.2. The first kappa shape index (κ1) is 25.7. The number of carboxylic acids is 1. The van der Waals surface area contributed by atoms with E-state index in [0.29, 0.717) is 17.2 Å². The summed E-state index contributed by atoms with van der Waals surface area (Å²) in [5.74, 6) is -1.31. The lowest BCUT2D eigenvalue weighted by Crippen LogP contribution is -2.37. The zero-order valence-electron chi connectivity index (χ0n) is 21.8. The summed E-state index contributed by atoms with van der Waals surface area (Å²) in [7, 11) is 4.06. The fourth-order valence-corrected chi connectivity index (χ4v) is 6.39. The molecular weight excluding hydrogens is 479 g/mol. The average molecular weight is 513 g/mol. The van der Waals surface area contributed by atoms with Crippen molar-refractivity contribution in [2.24, 2.45) is 17.3 Å². The Morgan fingerprint density at radius 2 is 1.74 bits per heavy atom. The third kappa shape index (κ3) is 5.49. The van der Waals surface area contributed by atoms with Crippen LogP contribution in [0.1, 0.15) is 36.8 Å². The van der Waals surface area contributed by atoms with Crippen LogP contribution >= 0.6 is 0 Å². The van der Waals surface area contributed by atoms with E-state index in [4.69, 9.17) is 5.11 Å². The lowest BCUT2D eigenvalue weighted by Gasteiger charge is -2.34. The number of fused-ring (bicyclic) bond motifs is 2. The number of hydrogen-bond acceptors (Lipinski definition) is 3. The number of aliphatic carboxylic acids is 1. The quantitative estimate of drug-likeness (QED) is 0.332. The van der Waals surface area contributed by atoms with Crippen LogP contribution in [0.25, 0.3) is 17.2 Å². The molecule has 1 amide bonds. The van der Waals surface area contributed by atoms with Crippen LogP contribution in [-0.2, 0) is 16.0 Å². The van der Waals surface area contributed by atoms with E-state index in [1.54, 1.807) is 6.07 Å². The molecule has 2 saturated carbocycles. The summed E-state index contributed by atoms with van der Waals surface area (Å²) in [5.41, 5.74) is 5.38. The van der Waals surface area contributed by atoms with E-state index in [9.17, 15) is 14.0 Å². The van der Waals surface area contributed by atoms with E-state index in [-0.39, 0.29) is 17.2 Å². The number of nitrogens with one attached hydrogen (secondary N) is 1. The number of halogens is 1. The third-order valence-corrected chi connectivity index (χ3v) is 8.20. The first-order chi connectivity index (χ1) is 18.2. The number of anilines is 2. The molecule has 2 bridgehead atoms. The zero-order chi connectivity index (χ0) is 26.9. The van der Waals surface area contributed by atoms with Gasteiger partial charge >= 0.3 is 5.97 Å². The topological polar surface area (TPSA) is 69.6 Å². The lowest BCUT2D eigenvalue weighted by molar-refractivity contribution is -0.131. The molecule has 0 spiro atoms. The number of rotatable bonds is 8. The highest BCUT2D eigenvalue weighted by Crippen LogP contribution is 2.59. The molecule has 2 fully saturated rings. The van der Waals surface area contributed by atoms with Crippen molar-refractivity contribution in [3.63, 3.8) is 0 Å². The zero-order valence-corrected chi connectivity index (χ0v) is 21.8. The van der Waals surface area contributed by atoms with E-state index in [1.165, 1.54) is 34.9 Å². The molecule has 0 saturated heterocycles. The minimum Gasteiger partial charge on any atom is -0.478 e. The smallest absolute Gasteiger partial charge is 0.328 e. The molecule has 2 N–H and O–H groups in total. The largest absolute Gasteiger partial charge is 0.478 e. The van der Waals surface area contributed by atoms with Crippen molar-refractivity contribution >= 4 is 29.3 Å². The number of hydrogen-bond donors (Lipinski definition) is 2. The van der Waals surface area contributed by atoms with Gasteiger partial charge in [-0.1, -0.05) is 36.4 Å². The molecule has 2 aliphatic carbocycles. The Bertz CT molecular complexity index is 1360. The van der Waals surface area contributed by atoms with Gasteiger partial charge in [0.2, 0.25) is 5.91 Å². The summed E-state index contributed by atoms with van der Waals surface area (Å²) in [4.78, 5) is 26.4. The Kier molecular flexibility index (Phi) is 7.06. The maximum Gasteiger partial charge on any atom is 0.328 e. The van der Waals surface area contributed by atoms with Crippen LogP contribution in [0.5, 0.6) is 0 Å². The molecule has 38 heavy (non-hydrogen) atoms. The van der Waals surface area contributed by atoms with Crippen molar-refractivity contribution in [1.82, 2.24) is 0 Å². The number of amides is 1. The van der Waals surface area contributed by atoms with Crippen LogP contribution < -0.4 is 10.2 Å². The van der Waals surface area contributed by atoms with Crippen molar-refractivity contribution in [3.8, 4) is 11.1 Å². The van der Waals surface area contributed by atoms with E-state index in [2.05, 4.69) is 58.7 Å².